The Bertz CT molecular complexity index is 806. The van der Waals surface area contributed by atoms with Crippen LogP contribution in [0.4, 0.5) is 11.4 Å². The minimum atomic E-state index is -0.637. The molecule has 0 saturated carbocycles. The van der Waals surface area contributed by atoms with Crippen molar-refractivity contribution in [1.82, 2.24) is 4.90 Å². The van der Waals surface area contributed by atoms with Crippen molar-refractivity contribution in [2.75, 3.05) is 11.9 Å². The number of phenols is 1. The Morgan fingerprint density at radius 3 is 2.75 bits per heavy atom. The second-order valence-corrected chi connectivity index (χ2v) is 5.60. The number of benzene rings is 2. The van der Waals surface area contributed by atoms with Gasteiger partial charge in [0.15, 0.2) is 5.75 Å². The third-order valence-electron chi connectivity index (χ3n) is 4.00. The van der Waals surface area contributed by atoms with Crippen LogP contribution in [0.5, 0.6) is 5.75 Å². The lowest BCUT2D eigenvalue weighted by Crippen LogP contribution is -2.43. The number of fused-ring (bicyclic) bond motifs is 1. The molecular weight excluding hydrogens is 310 g/mol. The monoisotopic (exact) mass is 327 g/mol. The average molecular weight is 327 g/mol. The molecule has 2 N–H and O–H groups in total. The van der Waals surface area contributed by atoms with Crippen LogP contribution >= 0.6 is 0 Å². The summed E-state index contributed by atoms with van der Waals surface area (Å²) < 4.78 is 0. The van der Waals surface area contributed by atoms with E-state index in [4.69, 9.17) is 0 Å². The minimum Gasteiger partial charge on any atom is -0.502 e. The van der Waals surface area contributed by atoms with Crippen LogP contribution in [0.25, 0.3) is 0 Å². The Hall–Kier alpha value is -3.09. The molecule has 2 aromatic rings. The Morgan fingerprint density at radius 1 is 1.29 bits per heavy atom. The Kier molecular flexibility index (Phi) is 4.07. The van der Waals surface area contributed by atoms with E-state index in [1.54, 1.807) is 29.2 Å². The minimum absolute atomic E-state index is 0.119. The molecule has 0 spiro atoms. The number of hydrogen-bond acceptors (Lipinski definition) is 5. The van der Waals surface area contributed by atoms with Gasteiger partial charge < -0.3 is 15.3 Å². The molecule has 1 heterocycles. The molecule has 1 aliphatic rings. The summed E-state index contributed by atoms with van der Waals surface area (Å²) in [5.41, 5.74) is 1.44. The van der Waals surface area contributed by atoms with Gasteiger partial charge in [0, 0.05) is 23.9 Å². The van der Waals surface area contributed by atoms with E-state index in [1.165, 1.54) is 12.1 Å². The highest BCUT2D eigenvalue weighted by Crippen LogP contribution is 2.36. The number of carbonyl (C=O) groups excluding carboxylic acids is 1. The molecule has 7 nitrogen and oxygen atoms in total. The van der Waals surface area contributed by atoms with E-state index in [1.807, 2.05) is 13.0 Å². The fourth-order valence-corrected chi connectivity index (χ4v) is 2.88. The second-order valence-electron chi connectivity index (χ2n) is 5.60. The zero-order valence-corrected chi connectivity index (χ0v) is 13.1. The highest BCUT2D eigenvalue weighted by atomic mass is 16.6. The van der Waals surface area contributed by atoms with Gasteiger partial charge in [-0.15, -0.1) is 0 Å². The predicted molar refractivity (Wildman–Crippen MR) is 88.9 cm³/mol. The molecule has 1 aliphatic heterocycles. The molecule has 7 heteroatoms. The van der Waals surface area contributed by atoms with Gasteiger partial charge in [-0.2, -0.15) is 0 Å². The molecule has 0 radical (unpaired) electrons. The zero-order valence-electron chi connectivity index (χ0n) is 13.1. The number of rotatable bonds is 4. The number of amides is 1. The van der Waals surface area contributed by atoms with Gasteiger partial charge in [-0.1, -0.05) is 25.1 Å². The van der Waals surface area contributed by atoms with Crippen molar-refractivity contribution >= 4 is 17.3 Å². The molecular formula is C17H17N3O4. The maximum Gasteiger partial charge on any atom is 0.311 e. The number of nitrogens with zero attached hydrogens (tertiary/aromatic N) is 2. The third kappa shape index (κ3) is 2.64. The summed E-state index contributed by atoms with van der Waals surface area (Å²) in [5, 5.41) is 24.0. The fraction of sp³-hybridized carbons (Fsp3) is 0.235. The molecule has 0 fully saturated rings. The van der Waals surface area contributed by atoms with E-state index < -0.39 is 16.8 Å². The van der Waals surface area contributed by atoms with Crippen LogP contribution in [-0.2, 0) is 0 Å². The van der Waals surface area contributed by atoms with Crippen molar-refractivity contribution in [3.8, 4) is 5.75 Å². The lowest BCUT2D eigenvalue weighted by atomic mass is 10.0. The van der Waals surface area contributed by atoms with Crippen LogP contribution < -0.4 is 5.32 Å². The van der Waals surface area contributed by atoms with Gasteiger partial charge in [-0.3, -0.25) is 14.9 Å². The van der Waals surface area contributed by atoms with Gasteiger partial charge in [-0.25, -0.2) is 0 Å². The maximum atomic E-state index is 12.8. The quantitative estimate of drug-likeness (QED) is 0.663. The first-order valence-corrected chi connectivity index (χ1v) is 7.66. The first kappa shape index (κ1) is 15.8. The lowest BCUT2D eigenvalue weighted by Gasteiger charge is -2.38. The van der Waals surface area contributed by atoms with Gasteiger partial charge >= 0.3 is 5.69 Å². The second kappa shape index (κ2) is 6.19. The summed E-state index contributed by atoms with van der Waals surface area (Å²) in [5.74, 6) is -0.514. The molecule has 24 heavy (non-hydrogen) atoms. The molecule has 124 valence electrons. The topological polar surface area (TPSA) is 95.7 Å². The summed E-state index contributed by atoms with van der Waals surface area (Å²) in [4.78, 5) is 24.9. The molecule has 0 saturated heterocycles. The Labute approximate surface area is 138 Å². The molecule has 1 amide bonds. The van der Waals surface area contributed by atoms with Gasteiger partial charge in [0.25, 0.3) is 5.91 Å². The van der Waals surface area contributed by atoms with E-state index >= 15 is 0 Å². The van der Waals surface area contributed by atoms with Crippen LogP contribution in [0, 0.1) is 10.1 Å². The zero-order chi connectivity index (χ0) is 17.3. The smallest absolute Gasteiger partial charge is 0.311 e. The van der Waals surface area contributed by atoms with Crippen molar-refractivity contribution in [3.05, 3.63) is 63.7 Å². The van der Waals surface area contributed by atoms with Crippen molar-refractivity contribution in [3.63, 3.8) is 0 Å². The van der Waals surface area contributed by atoms with E-state index in [9.17, 15) is 20.0 Å². The largest absolute Gasteiger partial charge is 0.502 e. The number of hydrogen-bond donors (Lipinski definition) is 2. The van der Waals surface area contributed by atoms with E-state index in [-0.39, 0.29) is 11.6 Å². The fourth-order valence-electron chi connectivity index (χ4n) is 2.88. The van der Waals surface area contributed by atoms with Crippen molar-refractivity contribution in [2.45, 2.75) is 19.5 Å². The third-order valence-corrected chi connectivity index (χ3v) is 4.00. The molecule has 2 aromatic carbocycles. The Balaban J connectivity index is 2.07. The highest BCUT2D eigenvalue weighted by Gasteiger charge is 2.33. The summed E-state index contributed by atoms with van der Waals surface area (Å²) in [6, 6.07) is 11.4. The van der Waals surface area contributed by atoms with Gasteiger partial charge in [-0.05, 0) is 24.6 Å². The van der Waals surface area contributed by atoms with Crippen LogP contribution in [0.3, 0.4) is 0 Å². The molecule has 0 bridgehead atoms. The van der Waals surface area contributed by atoms with Crippen molar-refractivity contribution in [2.24, 2.45) is 0 Å². The van der Waals surface area contributed by atoms with E-state index in [2.05, 4.69) is 5.32 Å². The van der Waals surface area contributed by atoms with Crippen molar-refractivity contribution in [1.29, 1.82) is 0 Å². The maximum absolute atomic E-state index is 12.8. The number of anilines is 1. The number of nitrogens with one attached hydrogen (secondary N) is 1. The normalized spacial score (nSPS) is 16.5. The predicted octanol–water partition coefficient (Wildman–Crippen LogP) is 3.28. The number of para-hydroxylation sites is 1. The summed E-state index contributed by atoms with van der Waals surface area (Å²) in [7, 11) is 0. The molecule has 3 rings (SSSR count). The van der Waals surface area contributed by atoms with Crippen LogP contribution in [0.2, 0.25) is 0 Å². The van der Waals surface area contributed by atoms with Crippen molar-refractivity contribution < 1.29 is 14.8 Å². The first-order chi connectivity index (χ1) is 11.5. The lowest BCUT2D eigenvalue weighted by molar-refractivity contribution is -0.385. The van der Waals surface area contributed by atoms with E-state index in [0.717, 1.165) is 6.42 Å². The molecule has 0 aliphatic carbocycles. The van der Waals surface area contributed by atoms with Crippen LogP contribution in [0.1, 0.15) is 35.4 Å². The Morgan fingerprint density at radius 2 is 2.04 bits per heavy atom. The van der Waals surface area contributed by atoms with Gasteiger partial charge in [0.05, 0.1) is 10.5 Å². The molecule has 0 aromatic heterocycles. The van der Waals surface area contributed by atoms with Gasteiger partial charge in [0.1, 0.15) is 6.17 Å². The van der Waals surface area contributed by atoms with E-state index in [0.29, 0.717) is 23.4 Å². The first-order valence-electron chi connectivity index (χ1n) is 7.66. The molecule has 1 unspecified atom stereocenters. The summed E-state index contributed by atoms with van der Waals surface area (Å²) in [6.45, 7) is 2.48. The highest BCUT2D eigenvalue weighted by molar-refractivity contribution is 6.01. The average Bonchev–Trinajstić information content (AvgIpc) is 2.57. The number of carbonyl (C=O) groups is 1. The van der Waals surface area contributed by atoms with Crippen LogP contribution in [0.15, 0.2) is 42.5 Å². The number of nitro benzene ring substituents is 1. The number of aromatic hydroxyl groups is 1. The summed E-state index contributed by atoms with van der Waals surface area (Å²) >= 11 is 0. The standard InChI is InChI=1S/C17H17N3O4/c1-2-9-19-16(11-7-8-15(21)14(10-11)20(23)24)18-13-6-4-3-5-12(13)17(19)22/h3-8,10,16,18,21H,2,9H2,1H3. The number of nitro groups is 1. The SMILES string of the molecule is CCCN1C(=O)c2ccccc2NC1c1ccc(O)c([N+](=O)[O-])c1. The number of phenolic OH excluding ortho intramolecular Hbond substituents is 1. The van der Waals surface area contributed by atoms with Gasteiger partial charge in [0.2, 0.25) is 0 Å². The summed E-state index contributed by atoms with van der Waals surface area (Å²) in [6.07, 6.45) is 0.235. The van der Waals surface area contributed by atoms with Crippen LogP contribution in [-0.4, -0.2) is 27.4 Å². The molecule has 1 atom stereocenters.